The number of carbonyl (C=O) groups is 2. The maximum absolute atomic E-state index is 12.5. The van der Waals surface area contributed by atoms with Gasteiger partial charge in [0.1, 0.15) is 5.15 Å². The number of anilines is 1. The SMILES string of the molecule is Cc1nn(Cc2ccccc2Cl)c(Cl)c1/C=C/C(=O)OCC(=O)N1CCc2ccccc21. The van der Waals surface area contributed by atoms with Crippen LogP contribution >= 0.6 is 23.2 Å². The van der Waals surface area contributed by atoms with Gasteiger partial charge in [0.15, 0.2) is 6.61 Å². The number of halogens is 2. The van der Waals surface area contributed by atoms with E-state index in [4.69, 9.17) is 27.9 Å². The van der Waals surface area contributed by atoms with Gasteiger partial charge >= 0.3 is 5.97 Å². The van der Waals surface area contributed by atoms with E-state index in [0.29, 0.717) is 34.5 Å². The zero-order chi connectivity index (χ0) is 22.7. The van der Waals surface area contributed by atoms with Crippen molar-refractivity contribution in [1.29, 1.82) is 0 Å². The molecule has 1 aliphatic rings. The van der Waals surface area contributed by atoms with Gasteiger partial charge in [0.05, 0.1) is 12.2 Å². The molecule has 2 heterocycles. The third-order valence-electron chi connectivity index (χ3n) is 5.30. The normalized spacial score (nSPS) is 12.9. The Morgan fingerprint density at radius 1 is 1.12 bits per heavy atom. The lowest BCUT2D eigenvalue weighted by Gasteiger charge is -2.16. The van der Waals surface area contributed by atoms with Gasteiger partial charge in [0, 0.05) is 28.9 Å². The number of carbonyl (C=O) groups excluding carboxylic acids is 2. The molecule has 0 fully saturated rings. The summed E-state index contributed by atoms with van der Waals surface area (Å²) in [5, 5.41) is 5.45. The smallest absolute Gasteiger partial charge is 0.331 e. The van der Waals surface area contributed by atoms with Crippen LogP contribution in [0.2, 0.25) is 10.2 Å². The molecule has 0 unspecified atom stereocenters. The maximum Gasteiger partial charge on any atom is 0.331 e. The number of nitrogens with zero attached hydrogens (tertiary/aromatic N) is 3. The molecule has 3 aromatic rings. The largest absolute Gasteiger partial charge is 0.452 e. The Bertz CT molecular complexity index is 1200. The van der Waals surface area contributed by atoms with E-state index < -0.39 is 5.97 Å². The molecule has 0 atom stereocenters. The molecule has 0 radical (unpaired) electrons. The van der Waals surface area contributed by atoms with E-state index in [9.17, 15) is 9.59 Å². The minimum atomic E-state index is -0.625. The number of benzene rings is 2. The minimum Gasteiger partial charge on any atom is -0.452 e. The predicted octanol–water partition coefficient (Wildman–Crippen LogP) is 4.69. The molecule has 2 aromatic carbocycles. The lowest BCUT2D eigenvalue weighted by molar-refractivity contribution is -0.142. The van der Waals surface area contributed by atoms with Crippen molar-refractivity contribution >= 4 is 46.8 Å². The number of rotatable bonds is 6. The van der Waals surface area contributed by atoms with Crippen molar-refractivity contribution in [3.8, 4) is 0 Å². The van der Waals surface area contributed by atoms with Gasteiger partial charge in [-0.25, -0.2) is 9.48 Å². The van der Waals surface area contributed by atoms with Crippen molar-refractivity contribution in [3.63, 3.8) is 0 Å². The molecule has 6 nitrogen and oxygen atoms in total. The van der Waals surface area contributed by atoms with Crippen molar-refractivity contribution in [2.75, 3.05) is 18.1 Å². The second-order valence-electron chi connectivity index (χ2n) is 7.40. The van der Waals surface area contributed by atoms with Crippen molar-refractivity contribution in [2.45, 2.75) is 19.9 Å². The molecule has 4 rings (SSSR count). The molecule has 1 amide bonds. The van der Waals surface area contributed by atoms with Gasteiger partial charge in [-0.3, -0.25) is 4.79 Å². The summed E-state index contributed by atoms with van der Waals surface area (Å²) in [5.41, 5.74) is 4.14. The van der Waals surface area contributed by atoms with Crippen LogP contribution < -0.4 is 4.90 Å². The topological polar surface area (TPSA) is 64.4 Å². The van der Waals surface area contributed by atoms with Crippen LogP contribution in [0.1, 0.15) is 22.4 Å². The first kappa shape index (κ1) is 22.1. The molecule has 0 spiro atoms. The van der Waals surface area contributed by atoms with Crippen LogP contribution in [0.15, 0.2) is 54.6 Å². The highest BCUT2D eigenvalue weighted by molar-refractivity contribution is 6.32. The Kier molecular flexibility index (Phi) is 6.63. The summed E-state index contributed by atoms with van der Waals surface area (Å²) in [7, 11) is 0. The Morgan fingerprint density at radius 2 is 1.88 bits per heavy atom. The fourth-order valence-corrected chi connectivity index (χ4v) is 4.15. The van der Waals surface area contributed by atoms with Crippen molar-refractivity contribution in [2.24, 2.45) is 0 Å². The second-order valence-corrected chi connectivity index (χ2v) is 8.17. The average molecular weight is 470 g/mol. The quantitative estimate of drug-likeness (QED) is 0.387. The molecular weight excluding hydrogens is 449 g/mol. The molecule has 1 aromatic heterocycles. The Balaban J connectivity index is 1.37. The van der Waals surface area contributed by atoms with E-state index in [1.807, 2.05) is 42.5 Å². The predicted molar refractivity (Wildman–Crippen MR) is 125 cm³/mol. The first-order valence-corrected chi connectivity index (χ1v) is 10.9. The summed E-state index contributed by atoms with van der Waals surface area (Å²) >= 11 is 12.7. The van der Waals surface area contributed by atoms with Crippen LogP contribution in [0.3, 0.4) is 0 Å². The highest BCUT2D eigenvalue weighted by atomic mass is 35.5. The van der Waals surface area contributed by atoms with E-state index in [-0.39, 0.29) is 12.5 Å². The average Bonchev–Trinajstić information content (AvgIpc) is 3.33. The van der Waals surface area contributed by atoms with Crippen molar-refractivity contribution in [3.05, 3.63) is 87.2 Å². The number of fused-ring (bicyclic) bond motifs is 1. The Hall–Kier alpha value is -3.09. The van der Waals surface area contributed by atoms with E-state index in [1.165, 1.54) is 6.08 Å². The van der Waals surface area contributed by atoms with Crippen LogP contribution in [0.25, 0.3) is 6.08 Å². The van der Waals surface area contributed by atoms with Crippen LogP contribution in [0, 0.1) is 6.92 Å². The fraction of sp³-hybridized carbons (Fsp3) is 0.208. The number of hydrogen-bond acceptors (Lipinski definition) is 4. The number of amides is 1. The first-order valence-electron chi connectivity index (χ1n) is 10.1. The van der Waals surface area contributed by atoms with Gasteiger partial charge in [-0.05, 0) is 42.7 Å². The van der Waals surface area contributed by atoms with E-state index in [0.717, 1.165) is 23.2 Å². The highest BCUT2D eigenvalue weighted by Gasteiger charge is 2.24. The van der Waals surface area contributed by atoms with Crippen molar-refractivity contribution in [1.82, 2.24) is 9.78 Å². The van der Waals surface area contributed by atoms with Crippen LogP contribution in [0.5, 0.6) is 0 Å². The number of para-hydroxylation sites is 1. The molecule has 164 valence electrons. The van der Waals surface area contributed by atoms with Gasteiger partial charge in [0.25, 0.3) is 5.91 Å². The molecule has 1 aliphatic heterocycles. The molecule has 0 aliphatic carbocycles. The van der Waals surface area contributed by atoms with E-state index >= 15 is 0 Å². The number of esters is 1. The van der Waals surface area contributed by atoms with Gasteiger partial charge in [-0.1, -0.05) is 59.6 Å². The maximum atomic E-state index is 12.5. The van der Waals surface area contributed by atoms with Gasteiger partial charge < -0.3 is 9.64 Å². The van der Waals surface area contributed by atoms with E-state index in [1.54, 1.807) is 28.6 Å². The monoisotopic (exact) mass is 469 g/mol. The highest BCUT2D eigenvalue weighted by Crippen LogP contribution is 2.27. The van der Waals surface area contributed by atoms with Gasteiger partial charge in [0.2, 0.25) is 0 Å². The summed E-state index contributed by atoms with van der Waals surface area (Å²) in [6.07, 6.45) is 3.60. The molecule has 0 N–H and O–H groups in total. The summed E-state index contributed by atoms with van der Waals surface area (Å²) in [5.74, 6) is -0.876. The summed E-state index contributed by atoms with van der Waals surface area (Å²) in [6, 6.07) is 15.2. The number of hydrogen-bond donors (Lipinski definition) is 0. The third-order valence-corrected chi connectivity index (χ3v) is 6.07. The summed E-state index contributed by atoms with van der Waals surface area (Å²) in [6.45, 7) is 2.47. The lowest BCUT2D eigenvalue weighted by atomic mass is 10.2. The van der Waals surface area contributed by atoms with Crippen LogP contribution in [-0.4, -0.2) is 34.8 Å². The van der Waals surface area contributed by atoms with Gasteiger partial charge in [-0.15, -0.1) is 0 Å². The molecule has 0 bridgehead atoms. The Morgan fingerprint density at radius 3 is 2.69 bits per heavy atom. The Labute approximate surface area is 196 Å². The fourth-order valence-electron chi connectivity index (χ4n) is 3.66. The van der Waals surface area contributed by atoms with Crippen LogP contribution in [-0.2, 0) is 27.3 Å². The molecule has 8 heteroatoms. The number of aromatic nitrogens is 2. The van der Waals surface area contributed by atoms with Crippen LogP contribution in [0.4, 0.5) is 5.69 Å². The molecular formula is C24H21Cl2N3O3. The zero-order valence-electron chi connectivity index (χ0n) is 17.4. The van der Waals surface area contributed by atoms with Gasteiger partial charge in [-0.2, -0.15) is 5.10 Å². The third kappa shape index (κ3) is 4.71. The second kappa shape index (κ2) is 9.59. The molecule has 0 saturated heterocycles. The zero-order valence-corrected chi connectivity index (χ0v) is 18.9. The number of aryl methyl sites for hydroxylation is 1. The summed E-state index contributed by atoms with van der Waals surface area (Å²) < 4.78 is 6.77. The van der Waals surface area contributed by atoms with Crippen molar-refractivity contribution < 1.29 is 14.3 Å². The first-order chi connectivity index (χ1) is 15.4. The molecule has 0 saturated carbocycles. The molecule has 32 heavy (non-hydrogen) atoms. The number of ether oxygens (including phenoxy) is 1. The van der Waals surface area contributed by atoms with E-state index in [2.05, 4.69) is 5.10 Å². The minimum absolute atomic E-state index is 0.251. The lowest BCUT2D eigenvalue weighted by Crippen LogP contribution is -2.33. The summed E-state index contributed by atoms with van der Waals surface area (Å²) in [4.78, 5) is 26.3. The standard InChI is InChI=1S/C24H21Cl2N3O3/c1-16-19(24(26)29(27-16)14-18-7-2-4-8-20(18)25)10-11-23(31)32-15-22(30)28-13-12-17-6-3-5-9-21(17)28/h2-11H,12-15H2,1H3/b11-10+.